The largest absolute Gasteiger partial charge is 0.316 e. The maximum atomic E-state index is 4.51. The van der Waals surface area contributed by atoms with E-state index in [2.05, 4.69) is 54.2 Å². The number of benzene rings is 1. The van der Waals surface area contributed by atoms with Crippen LogP contribution in [0.25, 0.3) is 11.1 Å². The molecule has 2 aromatic rings. The number of hydrogen-bond donors (Lipinski definition) is 1. The molecular formula is C17H23N3. The number of aryl methyl sites for hydroxylation is 3. The summed E-state index contributed by atoms with van der Waals surface area (Å²) in [5, 5.41) is 8.02. The van der Waals surface area contributed by atoms with Gasteiger partial charge in [-0.05, 0) is 49.9 Å². The van der Waals surface area contributed by atoms with Gasteiger partial charge in [-0.1, -0.05) is 18.2 Å². The van der Waals surface area contributed by atoms with Crippen molar-refractivity contribution in [1.82, 2.24) is 15.1 Å². The highest BCUT2D eigenvalue weighted by molar-refractivity contribution is 5.67. The average molecular weight is 269 g/mol. The molecule has 106 valence electrons. The SMILES string of the molecule is Cc1ccc(-c2cnn(C)c2C2CCCNC2)cc1C. The van der Waals surface area contributed by atoms with Gasteiger partial charge in [0.25, 0.3) is 0 Å². The van der Waals surface area contributed by atoms with Crippen LogP contribution in [0.5, 0.6) is 0 Å². The van der Waals surface area contributed by atoms with Crippen LogP contribution in [0.2, 0.25) is 0 Å². The Morgan fingerprint density at radius 3 is 2.80 bits per heavy atom. The molecule has 0 bridgehead atoms. The molecule has 1 fully saturated rings. The van der Waals surface area contributed by atoms with Gasteiger partial charge in [0.2, 0.25) is 0 Å². The molecule has 0 radical (unpaired) electrons. The van der Waals surface area contributed by atoms with E-state index >= 15 is 0 Å². The van der Waals surface area contributed by atoms with Crippen molar-refractivity contribution in [1.29, 1.82) is 0 Å². The first-order valence-corrected chi connectivity index (χ1v) is 7.47. The molecule has 1 atom stereocenters. The van der Waals surface area contributed by atoms with Crippen LogP contribution in [0.15, 0.2) is 24.4 Å². The summed E-state index contributed by atoms with van der Waals surface area (Å²) in [6.07, 6.45) is 4.53. The molecule has 1 unspecified atom stereocenters. The molecule has 1 aromatic carbocycles. The standard InChI is InChI=1S/C17H23N3/c1-12-6-7-14(9-13(12)2)16-11-19-20(3)17(16)15-5-4-8-18-10-15/h6-7,9,11,15,18H,4-5,8,10H2,1-3H3. The van der Waals surface area contributed by atoms with Crippen LogP contribution in [0.1, 0.15) is 35.6 Å². The number of aromatic nitrogens is 2. The van der Waals surface area contributed by atoms with Crippen LogP contribution < -0.4 is 5.32 Å². The lowest BCUT2D eigenvalue weighted by Crippen LogP contribution is -2.29. The van der Waals surface area contributed by atoms with E-state index in [-0.39, 0.29) is 0 Å². The van der Waals surface area contributed by atoms with Gasteiger partial charge in [-0.3, -0.25) is 4.68 Å². The lowest BCUT2D eigenvalue weighted by Gasteiger charge is -2.24. The lowest BCUT2D eigenvalue weighted by molar-refractivity contribution is 0.442. The summed E-state index contributed by atoms with van der Waals surface area (Å²) in [5.74, 6) is 0.577. The Kier molecular flexibility index (Phi) is 3.62. The maximum absolute atomic E-state index is 4.51. The van der Waals surface area contributed by atoms with Gasteiger partial charge in [0.15, 0.2) is 0 Å². The summed E-state index contributed by atoms with van der Waals surface area (Å²) < 4.78 is 2.06. The monoisotopic (exact) mass is 269 g/mol. The van der Waals surface area contributed by atoms with Crippen LogP contribution in [0.4, 0.5) is 0 Å². The van der Waals surface area contributed by atoms with E-state index in [0.717, 1.165) is 13.1 Å². The molecule has 0 saturated carbocycles. The molecule has 1 N–H and O–H groups in total. The van der Waals surface area contributed by atoms with Crippen molar-refractivity contribution in [3.8, 4) is 11.1 Å². The summed E-state index contributed by atoms with van der Waals surface area (Å²) in [6, 6.07) is 6.71. The minimum atomic E-state index is 0.577. The molecule has 1 aliphatic heterocycles. The second-order valence-corrected chi connectivity index (χ2v) is 5.91. The van der Waals surface area contributed by atoms with E-state index in [1.165, 1.54) is 40.8 Å². The fourth-order valence-electron chi connectivity index (χ4n) is 3.15. The average Bonchev–Trinajstić information content (AvgIpc) is 2.85. The predicted molar refractivity (Wildman–Crippen MR) is 83.0 cm³/mol. The Bertz CT molecular complexity index is 607. The molecule has 20 heavy (non-hydrogen) atoms. The first-order chi connectivity index (χ1) is 9.66. The predicted octanol–water partition coefficient (Wildman–Crippen LogP) is 3.17. The van der Waals surface area contributed by atoms with Crippen LogP contribution in [0.3, 0.4) is 0 Å². The molecule has 3 rings (SSSR count). The van der Waals surface area contributed by atoms with E-state index < -0.39 is 0 Å². The van der Waals surface area contributed by atoms with Crippen LogP contribution in [0, 0.1) is 13.8 Å². The number of nitrogens with zero attached hydrogens (tertiary/aromatic N) is 2. The third-order valence-electron chi connectivity index (χ3n) is 4.49. The van der Waals surface area contributed by atoms with Gasteiger partial charge in [-0.2, -0.15) is 5.10 Å². The van der Waals surface area contributed by atoms with Gasteiger partial charge in [0.05, 0.1) is 11.9 Å². The third-order valence-corrected chi connectivity index (χ3v) is 4.49. The quantitative estimate of drug-likeness (QED) is 0.907. The first kappa shape index (κ1) is 13.4. The van der Waals surface area contributed by atoms with Crippen LogP contribution in [-0.4, -0.2) is 22.9 Å². The highest BCUT2D eigenvalue weighted by Gasteiger charge is 2.22. The van der Waals surface area contributed by atoms with E-state index in [4.69, 9.17) is 0 Å². The van der Waals surface area contributed by atoms with Crippen LogP contribution in [-0.2, 0) is 7.05 Å². The van der Waals surface area contributed by atoms with Crippen molar-refractivity contribution in [3.63, 3.8) is 0 Å². The highest BCUT2D eigenvalue weighted by atomic mass is 15.3. The van der Waals surface area contributed by atoms with Crippen molar-refractivity contribution in [2.45, 2.75) is 32.6 Å². The molecule has 2 heterocycles. The summed E-state index contributed by atoms with van der Waals surface area (Å²) >= 11 is 0. The molecule has 0 aliphatic carbocycles. The van der Waals surface area contributed by atoms with Gasteiger partial charge < -0.3 is 5.32 Å². The first-order valence-electron chi connectivity index (χ1n) is 7.47. The second-order valence-electron chi connectivity index (χ2n) is 5.91. The lowest BCUT2D eigenvalue weighted by atomic mass is 9.90. The van der Waals surface area contributed by atoms with Gasteiger partial charge in [0, 0.05) is 25.1 Å². The van der Waals surface area contributed by atoms with E-state index in [1.54, 1.807) is 0 Å². The summed E-state index contributed by atoms with van der Waals surface area (Å²) in [6.45, 7) is 6.55. The zero-order valence-corrected chi connectivity index (χ0v) is 12.6. The number of rotatable bonds is 2. The van der Waals surface area contributed by atoms with Crippen LogP contribution >= 0.6 is 0 Å². The third kappa shape index (κ3) is 2.38. The molecule has 3 heteroatoms. The summed E-state index contributed by atoms with van der Waals surface area (Å²) in [7, 11) is 2.06. The Labute approximate surface area is 121 Å². The molecule has 1 aliphatic rings. The summed E-state index contributed by atoms with van der Waals surface area (Å²) in [5.41, 5.74) is 6.66. The molecule has 1 aromatic heterocycles. The Hall–Kier alpha value is -1.61. The fraction of sp³-hybridized carbons (Fsp3) is 0.471. The van der Waals surface area contributed by atoms with Crippen molar-refractivity contribution < 1.29 is 0 Å². The minimum Gasteiger partial charge on any atom is -0.316 e. The van der Waals surface area contributed by atoms with E-state index in [0.29, 0.717) is 5.92 Å². The Morgan fingerprint density at radius 2 is 2.10 bits per heavy atom. The molecule has 0 spiro atoms. The van der Waals surface area contributed by atoms with Gasteiger partial charge in [-0.25, -0.2) is 0 Å². The van der Waals surface area contributed by atoms with Gasteiger partial charge >= 0.3 is 0 Å². The van der Waals surface area contributed by atoms with Crippen molar-refractivity contribution in [3.05, 3.63) is 41.2 Å². The number of hydrogen-bond acceptors (Lipinski definition) is 2. The smallest absolute Gasteiger partial charge is 0.0571 e. The van der Waals surface area contributed by atoms with Gasteiger partial charge in [0.1, 0.15) is 0 Å². The molecule has 1 saturated heterocycles. The highest BCUT2D eigenvalue weighted by Crippen LogP contribution is 2.33. The Morgan fingerprint density at radius 1 is 1.25 bits per heavy atom. The zero-order valence-electron chi connectivity index (χ0n) is 12.6. The van der Waals surface area contributed by atoms with E-state index in [9.17, 15) is 0 Å². The zero-order chi connectivity index (χ0) is 14.1. The van der Waals surface area contributed by atoms with Gasteiger partial charge in [-0.15, -0.1) is 0 Å². The number of nitrogens with one attached hydrogen (secondary N) is 1. The topological polar surface area (TPSA) is 29.9 Å². The molecule has 0 amide bonds. The molecule has 3 nitrogen and oxygen atoms in total. The van der Waals surface area contributed by atoms with Crippen molar-refractivity contribution in [2.75, 3.05) is 13.1 Å². The van der Waals surface area contributed by atoms with Crippen molar-refractivity contribution in [2.24, 2.45) is 7.05 Å². The fourth-order valence-corrected chi connectivity index (χ4v) is 3.15. The van der Waals surface area contributed by atoms with E-state index in [1.807, 2.05) is 6.20 Å². The minimum absolute atomic E-state index is 0.577. The maximum Gasteiger partial charge on any atom is 0.0571 e. The van der Waals surface area contributed by atoms with Crippen molar-refractivity contribution >= 4 is 0 Å². The normalized spacial score (nSPS) is 19.2. The number of piperidine rings is 1. The Balaban J connectivity index is 2.03. The summed E-state index contributed by atoms with van der Waals surface area (Å²) in [4.78, 5) is 0. The second kappa shape index (κ2) is 5.41. The molecular weight excluding hydrogens is 246 g/mol.